The molecule has 2 aromatic heterocycles. The largest absolute Gasteiger partial charge is 0.397 e. The Balaban J connectivity index is 1.94. The second-order valence-corrected chi connectivity index (χ2v) is 6.26. The van der Waals surface area contributed by atoms with Crippen molar-refractivity contribution in [3.05, 3.63) is 23.3 Å². The molecular formula is C14H17N3OS. The fourth-order valence-corrected chi connectivity index (χ4v) is 3.44. The normalized spacial score (nSPS) is 16.5. The van der Waals surface area contributed by atoms with E-state index >= 15 is 0 Å². The van der Waals surface area contributed by atoms with Crippen molar-refractivity contribution < 1.29 is 4.79 Å². The third-order valence-electron chi connectivity index (χ3n) is 3.96. The van der Waals surface area contributed by atoms with Crippen LogP contribution in [0, 0.1) is 5.92 Å². The molecule has 0 aromatic carbocycles. The molecule has 1 unspecified atom stereocenters. The van der Waals surface area contributed by atoms with Crippen LogP contribution in [0.3, 0.4) is 0 Å². The molecule has 0 spiro atoms. The molecule has 1 fully saturated rings. The van der Waals surface area contributed by atoms with Crippen LogP contribution < -0.4 is 5.73 Å². The highest BCUT2D eigenvalue weighted by Gasteiger charge is 2.33. The van der Waals surface area contributed by atoms with Gasteiger partial charge in [-0.3, -0.25) is 9.78 Å². The Morgan fingerprint density at radius 3 is 2.95 bits per heavy atom. The van der Waals surface area contributed by atoms with E-state index in [-0.39, 0.29) is 11.9 Å². The van der Waals surface area contributed by atoms with E-state index < -0.39 is 0 Å². The van der Waals surface area contributed by atoms with E-state index in [1.807, 2.05) is 18.0 Å². The van der Waals surface area contributed by atoms with Gasteiger partial charge in [-0.05, 0) is 31.7 Å². The summed E-state index contributed by atoms with van der Waals surface area (Å²) in [6, 6.07) is 2.15. The fraction of sp³-hybridized carbons (Fsp3) is 0.429. The predicted molar refractivity (Wildman–Crippen MR) is 78.3 cm³/mol. The van der Waals surface area contributed by atoms with Crippen LogP contribution in [0.15, 0.2) is 18.5 Å². The number of nitrogens with zero attached hydrogens (tertiary/aromatic N) is 2. The molecule has 1 amide bonds. The molecule has 1 saturated carbocycles. The average Bonchev–Trinajstić information content (AvgIpc) is 3.22. The number of amides is 1. The molecule has 19 heavy (non-hydrogen) atoms. The molecular weight excluding hydrogens is 258 g/mol. The van der Waals surface area contributed by atoms with Crippen molar-refractivity contribution in [2.45, 2.75) is 25.8 Å². The van der Waals surface area contributed by atoms with Crippen LogP contribution in [0.4, 0.5) is 5.69 Å². The molecule has 0 radical (unpaired) electrons. The molecule has 0 bridgehead atoms. The van der Waals surface area contributed by atoms with Gasteiger partial charge in [-0.15, -0.1) is 11.3 Å². The van der Waals surface area contributed by atoms with E-state index in [0.717, 1.165) is 10.1 Å². The first-order chi connectivity index (χ1) is 9.09. The molecule has 3 rings (SSSR count). The number of aromatic nitrogens is 1. The van der Waals surface area contributed by atoms with Gasteiger partial charge in [-0.25, -0.2) is 0 Å². The van der Waals surface area contributed by atoms with Crippen LogP contribution in [-0.2, 0) is 0 Å². The van der Waals surface area contributed by atoms with E-state index in [1.54, 1.807) is 12.4 Å². The van der Waals surface area contributed by atoms with Crippen molar-refractivity contribution in [3.63, 3.8) is 0 Å². The number of carbonyl (C=O) groups is 1. The summed E-state index contributed by atoms with van der Waals surface area (Å²) in [7, 11) is 1.87. The van der Waals surface area contributed by atoms with Gasteiger partial charge in [0.05, 0.1) is 10.4 Å². The van der Waals surface area contributed by atoms with Crippen molar-refractivity contribution in [1.82, 2.24) is 9.88 Å². The van der Waals surface area contributed by atoms with Crippen LogP contribution in [0.1, 0.15) is 29.4 Å². The predicted octanol–water partition coefficient (Wildman–Crippen LogP) is 2.75. The number of nitrogens with two attached hydrogens (primary N) is 1. The zero-order valence-electron chi connectivity index (χ0n) is 11.1. The van der Waals surface area contributed by atoms with E-state index in [0.29, 0.717) is 16.5 Å². The third-order valence-corrected chi connectivity index (χ3v) is 5.10. The van der Waals surface area contributed by atoms with Crippen molar-refractivity contribution in [2.75, 3.05) is 12.8 Å². The molecule has 0 aliphatic heterocycles. The number of hydrogen-bond donors (Lipinski definition) is 1. The van der Waals surface area contributed by atoms with Gasteiger partial charge in [0, 0.05) is 30.9 Å². The first kappa shape index (κ1) is 12.4. The molecule has 100 valence electrons. The molecule has 5 heteroatoms. The van der Waals surface area contributed by atoms with Crippen molar-refractivity contribution >= 4 is 33.0 Å². The zero-order valence-corrected chi connectivity index (χ0v) is 11.9. The van der Waals surface area contributed by atoms with Gasteiger partial charge < -0.3 is 10.6 Å². The summed E-state index contributed by atoms with van der Waals surface area (Å²) >= 11 is 1.43. The monoisotopic (exact) mass is 275 g/mol. The fourth-order valence-electron chi connectivity index (χ4n) is 2.37. The van der Waals surface area contributed by atoms with Crippen LogP contribution in [0.5, 0.6) is 0 Å². The molecule has 1 aliphatic carbocycles. The van der Waals surface area contributed by atoms with Crippen molar-refractivity contribution in [1.29, 1.82) is 0 Å². The molecule has 4 nitrogen and oxygen atoms in total. The Morgan fingerprint density at radius 1 is 1.58 bits per heavy atom. The second kappa shape index (κ2) is 4.49. The zero-order chi connectivity index (χ0) is 13.6. The summed E-state index contributed by atoms with van der Waals surface area (Å²) in [6.07, 6.45) is 5.92. The Kier molecular flexibility index (Phi) is 2.93. The smallest absolute Gasteiger partial charge is 0.266 e. The number of thiophene rings is 1. The van der Waals surface area contributed by atoms with Crippen LogP contribution in [-0.4, -0.2) is 28.9 Å². The Morgan fingerprint density at radius 2 is 2.32 bits per heavy atom. The maximum atomic E-state index is 12.5. The van der Waals surface area contributed by atoms with Crippen LogP contribution >= 0.6 is 11.3 Å². The van der Waals surface area contributed by atoms with Gasteiger partial charge in [0.2, 0.25) is 0 Å². The van der Waals surface area contributed by atoms with Gasteiger partial charge in [-0.2, -0.15) is 0 Å². The lowest BCUT2D eigenvalue weighted by Gasteiger charge is -2.24. The van der Waals surface area contributed by atoms with E-state index in [1.165, 1.54) is 24.2 Å². The quantitative estimate of drug-likeness (QED) is 0.937. The van der Waals surface area contributed by atoms with Gasteiger partial charge in [-0.1, -0.05) is 0 Å². The molecule has 2 aromatic rings. The summed E-state index contributed by atoms with van der Waals surface area (Å²) < 4.78 is 0.968. The maximum Gasteiger partial charge on any atom is 0.266 e. The highest BCUT2D eigenvalue weighted by atomic mass is 32.1. The standard InChI is InChI=1S/C14H17N3OS/c1-8(9-3-4-9)17(2)14(18)13-12(15)10-5-6-16-7-11(10)19-13/h5-9H,3-4,15H2,1-2H3. The average molecular weight is 275 g/mol. The first-order valence-corrected chi connectivity index (χ1v) is 7.30. The molecule has 1 aliphatic rings. The minimum absolute atomic E-state index is 0.0260. The molecule has 0 saturated heterocycles. The highest BCUT2D eigenvalue weighted by Crippen LogP contribution is 2.37. The minimum atomic E-state index is 0.0260. The number of nitrogen functional groups attached to an aromatic ring is 1. The second-order valence-electron chi connectivity index (χ2n) is 5.21. The van der Waals surface area contributed by atoms with Crippen molar-refractivity contribution in [3.8, 4) is 0 Å². The number of anilines is 1. The lowest BCUT2D eigenvalue weighted by Crippen LogP contribution is -2.36. The molecule has 2 N–H and O–H groups in total. The Bertz CT molecular complexity index is 633. The number of carbonyl (C=O) groups excluding carboxylic acids is 1. The topological polar surface area (TPSA) is 59.2 Å². The van der Waals surface area contributed by atoms with Gasteiger partial charge >= 0.3 is 0 Å². The number of pyridine rings is 1. The molecule has 1 atom stereocenters. The SMILES string of the molecule is CC(C1CC1)N(C)C(=O)c1sc2cnccc2c1N. The summed E-state index contributed by atoms with van der Waals surface area (Å²) in [4.78, 5) is 19.1. The Labute approximate surface area is 116 Å². The molecule has 2 heterocycles. The summed E-state index contributed by atoms with van der Waals surface area (Å²) in [6.45, 7) is 2.11. The third kappa shape index (κ3) is 2.08. The van der Waals surface area contributed by atoms with Crippen molar-refractivity contribution in [2.24, 2.45) is 5.92 Å². The summed E-state index contributed by atoms with van der Waals surface area (Å²) in [5.74, 6) is 0.685. The van der Waals surface area contributed by atoms with Crippen LogP contribution in [0.2, 0.25) is 0 Å². The minimum Gasteiger partial charge on any atom is -0.397 e. The highest BCUT2D eigenvalue weighted by molar-refractivity contribution is 7.21. The lowest BCUT2D eigenvalue weighted by atomic mass is 10.2. The van der Waals surface area contributed by atoms with E-state index in [4.69, 9.17) is 5.73 Å². The summed E-state index contributed by atoms with van der Waals surface area (Å²) in [5.41, 5.74) is 6.69. The number of fused-ring (bicyclic) bond motifs is 1. The lowest BCUT2D eigenvalue weighted by molar-refractivity contribution is 0.0733. The van der Waals surface area contributed by atoms with E-state index in [2.05, 4.69) is 11.9 Å². The first-order valence-electron chi connectivity index (χ1n) is 6.48. The van der Waals surface area contributed by atoms with Gasteiger partial charge in [0.1, 0.15) is 4.88 Å². The summed E-state index contributed by atoms with van der Waals surface area (Å²) in [5, 5.41) is 0.927. The number of rotatable bonds is 3. The Hall–Kier alpha value is -1.62. The number of hydrogen-bond acceptors (Lipinski definition) is 4. The van der Waals surface area contributed by atoms with Gasteiger partial charge in [0.25, 0.3) is 5.91 Å². The van der Waals surface area contributed by atoms with Crippen LogP contribution in [0.25, 0.3) is 10.1 Å². The van der Waals surface area contributed by atoms with E-state index in [9.17, 15) is 4.79 Å². The maximum absolute atomic E-state index is 12.5. The van der Waals surface area contributed by atoms with Gasteiger partial charge in [0.15, 0.2) is 0 Å².